The third-order valence-corrected chi connectivity index (χ3v) is 5.28. The molecule has 0 spiro atoms. The van der Waals surface area contributed by atoms with Crippen LogP contribution in [0.25, 0.3) is 16.8 Å². The van der Waals surface area contributed by atoms with Crippen LogP contribution in [0.5, 0.6) is 5.75 Å². The fraction of sp³-hybridized carbons (Fsp3) is 0.143. The maximum Gasteiger partial charge on any atom is 0.139 e. The highest BCUT2D eigenvalue weighted by atomic mass is 32.1. The topological polar surface area (TPSA) is 69.4 Å². The second-order valence-electron chi connectivity index (χ2n) is 6.23. The van der Waals surface area contributed by atoms with Gasteiger partial charge in [0.1, 0.15) is 28.2 Å². The lowest BCUT2D eigenvalue weighted by Crippen LogP contribution is -2.25. The molecule has 0 bridgehead atoms. The fourth-order valence-electron chi connectivity index (χ4n) is 3.06. The van der Waals surface area contributed by atoms with Gasteiger partial charge in [-0.25, -0.2) is 9.37 Å². The van der Waals surface area contributed by atoms with Crippen LogP contribution in [0.1, 0.15) is 11.9 Å². The molecule has 4 rings (SSSR count). The lowest BCUT2D eigenvalue weighted by Gasteiger charge is -2.19. The number of ether oxygens (including phenoxy) is 1. The van der Waals surface area contributed by atoms with Gasteiger partial charge in [-0.15, -0.1) is 11.3 Å². The Balaban J connectivity index is 1.58. The summed E-state index contributed by atoms with van der Waals surface area (Å²) in [7, 11) is 0. The van der Waals surface area contributed by atoms with Gasteiger partial charge in [0.15, 0.2) is 0 Å². The van der Waals surface area contributed by atoms with Crippen molar-refractivity contribution in [2.24, 2.45) is 0 Å². The first-order valence-corrected chi connectivity index (χ1v) is 9.68. The van der Waals surface area contributed by atoms with Crippen LogP contribution in [-0.4, -0.2) is 29.1 Å². The van der Waals surface area contributed by atoms with E-state index in [9.17, 15) is 9.50 Å². The molecule has 3 aromatic rings. The summed E-state index contributed by atoms with van der Waals surface area (Å²) in [4.78, 5) is 6.27. The summed E-state index contributed by atoms with van der Waals surface area (Å²) in [5.41, 5.74) is 2.70. The Hall–Kier alpha value is -3.19. The zero-order valence-corrected chi connectivity index (χ0v) is 16.0. The number of halogens is 1. The van der Waals surface area contributed by atoms with Crippen LogP contribution in [0.15, 0.2) is 59.7 Å². The molecule has 1 aliphatic rings. The first-order valence-electron chi connectivity index (χ1n) is 8.80. The third kappa shape index (κ3) is 3.36. The van der Waals surface area contributed by atoms with E-state index < -0.39 is 0 Å². The second-order valence-corrected chi connectivity index (χ2v) is 7.09. The van der Waals surface area contributed by atoms with Crippen LogP contribution >= 0.6 is 11.3 Å². The van der Waals surface area contributed by atoms with E-state index in [4.69, 9.17) is 10.1 Å². The number of aliphatic hydroxyl groups excluding tert-OH is 1. The minimum Gasteiger partial charge on any atom is -0.510 e. The van der Waals surface area contributed by atoms with E-state index >= 15 is 0 Å². The number of aliphatic hydroxyl groups is 1. The number of nitrogens with zero attached hydrogens (tertiary/aromatic N) is 2. The molecule has 7 heteroatoms. The molecule has 2 heterocycles. The lowest BCUT2D eigenvalue weighted by atomic mass is 10.2. The minimum absolute atomic E-state index is 0.110. The van der Waals surface area contributed by atoms with Gasteiger partial charge in [0.25, 0.3) is 0 Å². The van der Waals surface area contributed by atoms with Gasteiger partial charge in [0.05, 0.1) is 24.4 Å². The number of benzene rings is 2. The van der Waals surface area contributed by atoms with Crippen molar-refractivity contribution in [3.63, 3.8) is 0 Å². The van der Waals surface area contributed by atoms with E-state index in [1.807, 2.05) is 36.6 Å². The van der Waals surface area contributed by atoms with Gasteiger partial charge in [-0.05, 0) is 55.5 Å². The molecule has 0 saturated heterocycles. The predicted molar refractivity (Wildman–Crippen MR) is 110 cm³/mol. The van der Waals surface area contributed by atoms with Crippen molar-refractivity contribution in [2.45, 2.75) is 6.92 Å². The van der Waals surface area contributed by atoms with Crippen LogP contribution in [0, 0.1) is 11.2 Å². The highest BCUT2D eigenvalue weighted by molar-refractivity contribution is 7.11. The third-order valence-electron chi connectivity index (χ3n) is 4.42. The van der Waals surface area contributed by atoms with E-state index in [0.717, 1.165) is 17.0 Å². The standard InChI is InChI=1S/C21H18FN3O2S/c1-2-27-16-9-7-15(8-10-16)25-11-18(26)19(20(25)23)21-24-17(12-28-21)13-3-5-14(22)6-4-13/h3-10,12,23,26H,2,11H2,1H3. The SMILES string of the molecule is CCOc1ccc(N2CC(O)=C(c3nc(-c4ccc(F)cc4)cs3)C2=N)cc1. The van der Waals surface area contributed by atoms with Crippen LogP contribution in [0.3, 0.4) is 0 Å². The molecule has 2 aromatic carbocycles. The van der Waals surface area contributed by atoms with Crippen LogP contribution in [-0.2, 0) is 0 Å². The van der Waals surface area contributed by atoms with Gasteiger partial charge in [-0.2, -0.15) is 0 Å². The van der Waals surface area contributed by atoms with Gasteiger partial charge in [-0.1, -0.05) is 0 Å². The predicted octanol–water partition coefficient (Wildman–Crippen LogP) is 5.11. The Kier molecular flexibility index (Phi) is 4.83. The van der Waals surface area contributed by atoms with Crippen molar-refractivity contribution in [3.05, 3.63) is 70.5 Å². The quantitative estimate of drug-likeness (QED) is 0.629. The van der Waals surface area contributed by atoms with Gasteiger partial charge in [0, 0.05) is 16.6 Å². The van der Waals surface area contributed by atoms with Crippen LogP contribution in [0.4, 0.5) is 10.1 Å². The zero-order chi connectivity index (χ0) is 19.7. The number of hydrogen-bond donors (Lipinski definition) is 2. The van der Waals surface area contributed by atoms with Crippen LogP contribution < -0.4 is 9.64 Å². The summed E-state index contributed by atoms with van der Waals surface area (Å²) in [6, 6.07) is 13.5. The molecule has 0 radical (unpaired) electrons. The van der Waals surface area contributed by atoms with Crippen LogP contribution in [0.2, 0.25) is 0 Å². The average molecular weight is 395 g/mol. The summed E-state index contributed by atoms with van der Waals surface area (Å²) in [5, 5.41) is 21.4. The Bertz CT molecular complexity index is 1040. The van der Waals surface area contributed by atoms with Gasteiger partial charge in [-0.3, -0.25) is 5.41 Å². The largest absolute Gasteiger partial charge is 0.510 e. The van der Waals surface area contributed by atoms with Crippen molar-refractivity contribution in [1.29, 1.82) is 5.41 Å². The summed E-state index contributed by atoms with van der Waals surface area (Å²) in [5.74, 6) is 0.766. The monoisotopic (exact) mass is 395 g/mol. The molecule has 0 fully saturated rings. The molecular weight excluding hydrogens is 377 g/mol. The highest BCUT2D eigenvalue weighted by Crippen LogP contribution is 2.34. The highest BCUT2D eigenvalue weighted by Gasteiger charge is 2.31. The Morgan fingerprint density at radius 3 is 2.57 bits per heavy atom. The molecule has 0 aliphatic carbocycles. The summed E-state index contributed by atoms with van der Waals surface area (Å²) >= 11 is 1.35. The number of aromatic nitrogens is 1. The number of nitrogens with one attached hydrogen (secondary N) is 1. The number of thiazole rings is 1. The number of hydrogen-bond acceptors (Lipinski definition) is 5. The van der Waals surface area contributed by atoms with Crippen molar-refractivity contribution in [2.75, 3.05) is 18.1 Å². The van der Waals surface area contributed by atoms with Gasteiger partial charge >= 0.3 is 0 Å². The normalized spacial score (nSPS) is 14.1. The fourth-order valence-corrected chi connectivity index (χ4v) is 3.95. The molecule has 2 N–H and O–H groups in total. The first kappa shape index (κ1) is 18.2. The average Bonchev–Trinajstić information content (AvgIpc) is 3.28. The maximum atomic E-state index is 13.1. The maximum absolute atomic E-state index is 13.1. The molecule has 28 heavy (non-hydrogen) atoms. The molecule has 1 aliphatic heterocycles. The summed E-state index contributed by atoms with van der Waals surface area (Å²) in [6.07, 6.45) is 0. The molecule has 142 valence electrons. The number of amidine groups is 1. The van der Waals surface area contributed by atoms with Gasteiger partial charge in [0.2, 0.25) is 0 Å². The number of anilines is 1. The first-order chi connectivity index (χ1) is 13.6. The molecule has 0 saturated carbocycles. The van der Waals surface area contributed by atoms with Crippen molar-refractivity contribution >= 4 is 28.4 Å². The molecule has 0 amide bonds. The van der Waals surface area contributed by atoms with Crippen molar-refractivity contribution < 1.29 is 14.2 Å². The van der Waals surface area contributed by atoms with Crippen molar-refractivity contribution in [3.8, 4) is 17.0 Å². The Labute approximate surface area is 165 Å². The Morgan fingerprint density at radius 1 is 1.18 bits per heavy atom. The number of rotatable bonds is 5. The second kappa shape index (κ2) is 7.44. The smallest absolute Gasteiger partial charge is 0.139 e. The Morgan fingerprint density at radius 2 is 1.89 bits per heavy atom. The van der Waals surface area contributed by atoms with E-state index in [1.54, 1.807) is 17.0 Å². The lowest BCUT2D eigenvalue weighted by molar-refractivity contribution is 0.340. The molecule has 5 nitrogen and oxygen atoms in total. The summed E-state index contributed by atoms with van der Waals surface area (Å²) < 4.78 is 18.6. The minimum atomic E-state index is -0.303. The van der Waals surface area contributed by atoms with Gasteiger partial charge < -0.3 is 14.7 Å². The van der Waals surface area contributed by atoms with E-state index in [2.05, 4.69) is 4.98 Å². The van der Waals surface area contributed by atoms with E-state index in [-0.39, 0.29) is 24.0 Å². The molecule has 0 unspecified atom stereocenters. The molecule has 1 aromatic heterocycles. The van der Waals surface area contributed by atoms with Crippen molar-refractivity contribution in [1.82, 2.24) is 4.98 Å². The molecular formula is C21H18FN3O2S. The van der Waals surface area contributed by atoms with E-state index in [1.165, 1.54) is 23.5 Å². The zero-order valence-electron chi connectivity index (χ0n) is 15.1. The molecule has 0 atom stereocenters. The summed E-state index contributed by atoms with van der Waals surface area (Å²) in [6.45, 7) is 2.73. The van der Waals surface area contributed by atoms with E-state index in [0.29, 0.717) is 22.9 Å².